The summed E-state index contributed by atoms with van der Waals surface area (Å²) in [6.07, 6.45) is 0. The average molecular weight is 409 g/mol. The highest BCUT2D eigenvalue weighted by Gasteiger charge is 2.15. The van der Waals surface area contributed by atoms with Crippen molar-refractivity contribution in [2.45, 2.75) is 0 Å². The van der Waals surface area contributed by atoms with Crippen molar-refractivity contribution in [2.75, 3.05) is 5.32 Å². The molecule has 122 valence electrons. The van der Waals surface area contributed by atoms with Crippen molar-refractivity contribution >= 4 is 49.8 Å². The first-order valence-corrected chi connectivity index (χ1v) is 9.39. The van der Waals surface area contributed by atoms with Crippen LogP contribution >= 0.6 is 27.3 Å². The molecule has 1 amide bonds. The fraction of sp³-hybridized carbons (Fsp3) is 0. The zero-order valence-corrected chi connectivity index (χ0v) is 15.5. The molecule has 0 bridgehead atoms. The Labute approximate surface area is 157 Å². The molecule has 0 fully saturated rings. The Kier molecular flexibility index (Phi) is 4.34. The van der Waals surface area contributed by atoms with Crippen LogP contribution < -0.4 is 5.32 Å². The predicted octanol–water partition coefficient (Wildman–Crippen LogP) is 5.98. The molecule has 0 atom stereocenters. The number of nitrogens with zero attached hydrogens (tertiary/aromatic N) is 1. The second-order valence-electron chi connectivity index (χ2n) is 5.48. The van der Waals surface area contributed by atoms with Crippen molar-refractivity contribution < 1.29 is 4.79 Å². The average Bonchev–Trinajstić information content (AvgIpc) is 3.17. The zero-order valence-electron chi connectivity index (χ0n) is 13.1. The monoisotopic (exact) mass is 408 g/mol. The molecule has 2 heterocycles. The highest BCUT2D eigenvalue weighted by molar-refractivity contribution is 9.10. The van der Waals surface area contributed by atoms with Gasteiger partial charge in [0.2, 0.25) is 0 Å². The largest absolute Gasteiger partial charge is 0.321 e. The van der Waals surface area contributed by atoms with Gasteiger partial charge in [-0.25, -0.2) is 4.98 Å². The minimum atomic E-state index is -0.150. The van der Waals surface area contributed by atoms with E-state index in [1.165, 1.54) is 0 Å². The second kappa shape index (κ2) is 6.78. The number of benzene rings is 2. The summed E-state index contributed by atoms with van der Waals surface area (Å²) in [5, 5.41) is 5.83. The Morgan fingerprint density at radius 3 is 2.60 bits per heavy atom. The number of nitrogens with one attached hydrogen (secondary N) is 1. The van der Waals surface area contributed by atoms with Crippen LogP contribution in [0.3, 0.4) is 0 Å². The van der Waals surface area contributed by atoms with Crippen LogP contribution in [-0.4, -0.2) is 10.9 Å². The number of pyridine rings is 1. The van der Waals surface area contributed by atoms with Gasteiger partial charge < -0.3 is 5.32 Å². The third kappa shape index (κ3) is 3.21. The van der Waals surface area contributed by atoms with E-state index in [1.54, 1.807) is 11.3 Å². The summed E-state index contributed by atoms with van der Waals surface area (Å²) in [5.41, 5.74) is 2.98. The lowest BCUT2D eigenvalue weighted by Gasteiger charge is -2.11. The van der Waals surface area contributed by atoms with E-state index in [1.807, 2.05) is 72.1 Å². The van der Waals surface area contributed by atoms with Crippen molar-refractivity contribution in [3.05, 3.63) is 82.1 Å². The number of anilines is 1. The first-order valence-electron chi connectivity index (χ1n) is 7.72. The molecule has 0 aliphatic rings. The van der Waals surface area contributed by atoms with E-state index in [0.29, 0.717) is 5.56 Å². The summed E-state index contributed by atoms with van der Waals surface area (Å²) in [4.78, 5) is 18.7. The molecule has 1 N–H and O–H groups in total. The van der Waals surface area contributed by atoms with Crippen LogP contribution in [0.5, 0.6) is 0 Å². The Morgan fingerprint density at radius 1 is 1.00 bits per heavy atom. The van der Waals surface area contributed by atoms with Crippen molar-refractivity contribution in [3.63, 3.8) is 0 Å². The van der Waals surface area contributed by atoms with Crippen LogP contribution in [-0.2, 0) is 0 Å². The Hall–Kier alpha value is -2.50. The lowest BCUT2D eigenvalue weighted by Crippen LogP contribution is -2.13. The number of para-hydroxylation sites is 2. The molecule has 2 aromatic heterocycles. The van der Waals surface area contributed by atoms with Gasteiger partial charge >= 0.3 is 0 Å². The maximum absolute atomic E-state index is 12.9. The van der Waals surface area contributed by atoms with Gasteiger partial charge in [0.25, 0.3) is 5.91 Å². The van der Waals surface area contributed by atoms with Gasteiger partial charge in [-0.1, -0.05) is 36.4 Å². The minimum Gasteiger partial charge on any atom is -0.321 e. The fourth-order valence-corrected chi connectivity index (χ4v) is 3.74. The number of halogens is 1. The van der Waals surface area contributed by atoms with E-state index in [4.69, 9.17) is 4.98 Å². The van der Waals surface area contributed by atoms with Gasteiger partial charge in [0.1, 0.15) is 0 Å². The number of carbonyl (C=O) groups is 1. The molecule has 0 saturated heterocycles. The standard InChI is InChI=1S/C20H13BrN2OS/c21-15-7-2-4-9-17(15)23-20(24)14-12-18(19-10-5-11-25-19)22-16-8-3-1-6-13(14)16/h1-12H,(H,23,24). The maximum Gasteiger partial charge on any atom is 0.256 e. The van der Waals surface area contributed by atoms with Gasteiger partial charge in [0.05, 0.1) is 27.3 Å². The summed E-state index contributed by atoms with van der Waals surface area (Å²) in [6, 6.07) is 21.1. The summed E-state index contributed by atoms with van der Waals surface area (Å²) < 4.78 is 0.847. The normalized spacial score (nSPS) is 10.8. The van der Waals surface area contributed by atoms with Crippen molar-refractivity contribution in [3.8, 4) is 10.6 Å². The van der Waals surface area contributed by atoms with Crippen molar-refractivity contribution in [1.29, 1.82) is 0 Å². The summed E-state index contributed by atoms with van der Waals surface area (Å²) >= 11 is 5.08. The molecular weight excluding hydrogens is 396 g/mol. The van der Waals surface area contributed by atoms with E-state index in [9.17, 15) is 4.79 Å². The van der Waals surface area contributed by atoms with Gasteiger partial charge in [0.15, 0.2) is 0 Å². The van der Waals surface area contributed by atoms with Crippen molar-refractivity contribution in [1.82, 2.24) is 4.98 Å². The molecule has 0 aliphatic heterocycles. The summed E-state index contributed by atoms with van der Waals surface area (Å²) in [6.45, 7) is 0. The van der Waals surface area contributed by atoms with Gasteiger partial charge in [-0.05, 0) is 51.6 Å². The zero-order chi connectivity index (χ0) is 17.2. The topological polar surface area (TPSA) is 42.0 Å². The lowest BCUT2D eigenvalue weighted by molar-refractivity contribution is 0.102. The molecule has 5 heteroatoms. The SMILES string of the molecule is O=C(Nc1ccccc1Br)c1cc(-c2cccs2)nc2ccccc12. The van der Waals surface area contributed by atoms with Crippen molar-refractivity contribution in [2.24, 2.45) is 0 Å². The highest BCUT2D eigenvalue weighted by atomic mass is 79.9. The van der Waals surface area contributed by atoms with E-state index >= 15 is 0 Å². The molecular formula is C20H13BrN2OS. The third-order valence-electron chi connectivity index (χ3n) is 3.86. The summed E-state index contributed by atoms with van der Waals surface area (Å²) in [5.74, 6) is -0.150. The maximum atomic E-state index is 12.9. The molecule has 0 unspecified atom stereocenters. The number of hydrogen-bond acceptors (Lipinski definition) is 3. The molecule has 3 nitrogen and oxygen atoms in total. The van der Waals surface area contributed by atoms with Gasteiger partial charge in [-0.3, -0.25) is 4.79 Å². The second-order valence-corrected chi connectivity index (χ2v) is 7.29. The number of aromatic nitrogens is 1. The fourth-order valence-electron chi connectivity index (χ4n) is 2.67. The first kappa shape index (κ1) is 16.0. The molecule has 25 heavy (non-hydrogen) atoms. The number of fused-ring (bicyclic) bond motifs is 1. The number of carbonyl (C=O) groups excluding carboxylic acids is 1. The number of hydrogen-bond donors (Lipinski definition) is 1. The molecule has 4 aromatic rings. The molecule has 0 radical (unpaired) electrons. The number of amides is 1. The first-order chi connectivity index (χ1) is 12.2. The van der Waals surface area contributed by atoms with E-state index in [2.05, 4.69) is 21.2 Å². The van der Waals surface area contributed by atoms with Gasteiger partial charge in [-0.15, -0.1) is 11.3 Å². The van der Waals surface area contributed by atoms with Crippen LogP contribution in [0, 0.1) is 0 Å². The number of rotatable bonds is 3. The Bertz CT molecular complexity index is 1060. The van der Waals surface area contributed by atoms with Crippen LogP contribution in [0.25, 0.3) is 21.5 Å². The van der Waals surface area contributed by atoms with E-state index in [-0.39, 0.29) is 5.91 Å². The van der Waals surface area contributed by atoms with E-state index in [0.717, 1.165) is 31.6 Å². The van der Waals surface area contributed by atoms with Crippen LogP contribution in [0.15, 0.2) is 76.6 Å². The predicted molar refractivity (Wildman–Crippen MR) is 107 cm³/mol. The number of thiophene rings is 1. The summed E-state index contributed by atoms with van der Waals surface area (Å²) in [7, 11) is 0. The van der Waals surface area contributed by atoms with Crippen LogP contribution in [0.2, 0.25) is 0 Å². The third-order valence-corrected chi connectivity index (χ3v) is 5.44. The lowest BCUT2D eigenvalue weighted by atomic mass is 10.1. The highest BCUT2D eigenvalue weighted by Crippen LogP contribution is 2.29. The van der Waals surface area contributed by atoms with Gasteiger partial charge in [-0.2, -0.15) is 0 Å². The van der Waals surface area contributed by atoms with Crippen LogP contribution in [0.1, 0.15) is 10.4 Å². The Morgan fingerprint density at radius 2 is 1.80 bits per heavy atom. The molecule has 2 aromatic carbocycles. The van der Waals surface area contributed by atoms with E-state index < -0.39 is 0 Å². The van der Waals surface area contributed by atoms with Crippen LogP contribution in [0.4, 0.5) is 5.69 Å². The molecule has 4 rings (SSSR count). The minimum absolute atomic E-state index is 0.150. The van der Waals surface area contributed by atoms with Gasteiger partial charge in [0, 0.05) is 9.86 Å². The smallest absolute Gasteiger partial charge is 0.256 e. The molecule has 0 aliphatic carbocycles. The quantitative estimate of drug-likeness (QED) is 0.453. The molecule has 0 saturated carbocycles. The molecule has 0 spiro atoms. The Balaban J connectivity index is 1.82.